The van der Waals surface area contributed by atoms with E-state index in [9.17, 15) is 4.79 Å². The van der Waals surface area contributed by atoms with E-state index in [1.807, 2.05) is 4.90 Å². The molecule has 1 unspecified atom stereocenters. The van der Waals surface area contributed by atoms with Gasteiger partial charge in [-0.15, -0.1) is 0 Å². The van der Waals surface area contributed by atoms with E-state index in [1.165, 1.54) is 17.5 Å². The predicted octanol–water partition coefficient (Wildman–Crippen LogP) is 2.88. The molecule has 0 aliphatic carbocycles. The van der Waals surface area contributed by atoms with Crippen LogP contribution in [0.2, 0.25) is 0 Å². The Bertz CT molecular complexity index is 431. The number of methoxy groups -OCH3 is 1. The van der Waals surface area contributed by atoms with E-state index in [0.717, 1.165) is 19.4 Å². The number of hydrogen-bond acceptors (Lipinski definition) is 2. The van der Waals surface area contributed by atoms with Gasteiger partial charge in [-0.3, -0.25) is 0 Å². The molecule has 0 bridgehead atoms. The molecule has 1 heterocycles. The van der Waals surface area contributed by atoms with Crippen LogP contribution in [0.4, 0.5) is 4.79 Å². The number of amides is 2. The number of ether oxygens (including phenoxy) is 1. The summed E-state index contributed by atoms with van der Waals surface area (Å²) in [5.41, 5.74) is 2.48. The van der Waals surface area contributed by atoms with Crippen LogP contribution in [-0.4, -0.2) is 37.7 Å². The standard InChI is InChI=1S/C16H24N2O2/c1-13-6-8-14(9-7-13)15-5-3-4-11-18(15)16(19)17-10-12-20-2/h6-9,15H,3-5,10-12H2,1-2H3,(H,17,19). The summed E-state index contributed by atoms with van der Waals surface area (Å²) in [7, 11) is 1.64. The van der Waals surface area contributed by atoms with Crippen molar-refractivity contribution in [3.63, 3.8) is 0 Å². The summed E-state index contributed by atoms with van der Waals surface area (Å²) in [4.78, 5) is 14.2. The first kappa shape index (κ1) is 14.9. The summed E-state index contributed by atoms with van der Waals surface area (Å²) in [5, 5.41) is 2.93. The lowest BCUT2D eigenvalue weighted by Crippen LogP contribution is -2.45. The predicted molar refractivity (Wildman–Crippen MR) is 79.8 cm³/mol. The van der Waals surface area contributed by atoms with Crippen LogP contribution >= 0.6 is 0 Å². The fourth-order valence-corrected chi connectivity index (χ4v) is 2.67. The van der Waals surface area contributed by atoms with Crippen LogP contribution in [0.3, 0.4) is 0 Å². The van der Waals surface area contributed by atoms with E-state index in [0.29, 0.717) is 13.2 Å². The van der Waals surface area contributed by atoms with Gasteiger partial charge in [-0.25, -0.2) is 4.79 Å². The van der Waals surface area contributed by atoms with E-state index in [4.69, 9.17) is 4.74 Å². The van der Waals surface area contributed by atoms with Gasteiger partial charge in [0.2, 0.25) is 0 Å². The molecule has 1 aromatic carbocycles. The van der Waals surface area contributed by atoms with E-state index < -0.39 is 0 Å². The van der Waals surface area contributed by atoms with Crippen molar-refractivity contribution in [1.82, 2.24) is 10.2 Å². The van der Waals surface area contributed by atoms with Gasteiger partial charge in [0.05, 0.1) is 12.6 Å². The summed E-state index contributed by atoms with van der Waals surface area (Å²) in [6.45, 7) is 4.03. The highest BCUT2D eigenvalue weighted by molar-refractivity contribution is 5.74. The Hall–Kier alpha value is -1.55. The Morgan fingerprint density at radius 3 is 2.80 bits per heavy atom. The first-order valence-electron chi connectivity index (χ1n) is 7.32. The molecule has 2 amide bonds. The van der Waals surface area contributed by atoms with Crippen LogP contribution in [-0.2, 0) is 4.74 Å². The second-order valence-corrected chi connectivity index (χ2v) is 5.34. The van der Waals surface area contributed by atoms with Crippen molar-refractivity contribution in [2.45, 2.75) is 32.2 Å². The minimum atomic E-state index is 0.0207. The molecule has 4 heteroatoms. The number of hydrogen-bond donors (Lipinski definition) is 1. The number of urea groups is 1. The molecule has 110 valence electrons. The number of rotatable bonds is 4. The first-order valence-corrected chi connectivity index (χ1v) is 7.32. The van der Waals surface area contributed by atoms with E-state index in [-0.39, 0.29) is 12.1 Å². The highest BCUT2D eigenvalue weighted by Crippen LogP contribution is 2.30. The lowest BCUT2D eigenvalue weighted by atomic mass is 9.95. The molecular formula is C16H24N2O2. The van der Waals surface area contributed by atoms with Crippen molar-refractivity contribution in [3.05, 3.63) is 35.4 Å². The smallest absolute Gasteiger partial charge is 0.317 e. The number of likely N-dealkylation sites (tertiary alicyclic amines) is 1. The molecule has 1 fully saturated rings. The largest absolute Gasteiger partial charge is 0.383 e. The number of benzene rings is 1. The molecule has 20 heavy (non-hydrogen) atoms. The number of aryl methyl sites for hydroxylation is 1. The summed E-state index contributed by atoms with van der Waals surface area (Å²) in [6, 6.07) is 8.73. The van der Waals surface area contributed by atoms with Crippen LogP contribution in [0, 0.1) is 6.92 Å². The van der Waals surface area contributed by atoms with Crippen molar-refractivity contribution in [3.8, 4) is 0 Å². The maximum Gasteiger partial charge on any atom is 0.317 e. The minimum Gasteiger partial charge on any atom is -0.383 e. The van der Waals surface area contributed by atoms with Crippen LogP contribution in [0.1, 0.15) is 36.4 Å². The van der Waals surface area contributed by atoms with Gasteiger partial charge < -0.3 is 15.0 Å². The van der Waals surface area contributed by atoms with Gasteiger partial charge >= 0.3 is 6.03 Å². The summed E-state index contributed by atoms with van der Waals surface area (Å²) in [5.74, 6) is 0. The molecular weight excluding hydrogens is 252 g/mol. The van der Waals surface area contributed by atoms with E-state index in [2.05, 4.69) is 36.5 Å². The molecule has 0 aromatic heterocycles. The average Bonchev–Trinajstić information content (AvgIpc) is 2.48. The summed E-state index contributed by atoms with van der Waals surface area (Å²) in [6.07, 6.45) is 3.31. The van der Waals surface area contributed by atoms with Crippen molar-refractivity contribution in [2.24, 2.45) is 0 Å². The summed E-state index contributed by atoms with van der Waals surface area (Å²) >= 11 is 0. The van der Waals surface area contributed by atoms with Crippen LogP contribution in [0.5, 0.6) is 0 Å². The molecule has 1 saturated heterocycles. The maximum absolute atomic E-state index is 12.3. The third kappa shape index (κ3) is 3.73. The topological polar surface area (TPSA) is 41.6 Å². The Kier molecular flexibility index (Phi) is 5.41. The monoisotopic (exact) mass is 276 g/mol. The molecule has 2 rings (SSSR count). The molecule has 0 saturated carbocycles. The second kappa shape index (κ2) is 7.29. The average molecular weight is 276 g/mol. The fraction of sp³-hybridized carbons (Fsp3) is 0.562. The van der Waals surface area contributed by atoms with Crippen molar-refractivity contribution in [2.75, 3.05) is 26.8 Å². The zero-order valence-electron chi connectivity index (χ0n) is 12.4. The second-order valence-electron chi connectivity index (χ2n) is 5.34. The van der Waals surface area contributed by atoms with E-state index in [1.54, 1.807) is 7.11 Å². The third-order valence-electron chi connectivity index (χ3n) is 3.81. The zero-order valence-corrected chi connectivity index (χ0v) is 12.4. The number of piperidine rings is 1. The van der Waals surface area contributed by atoms with Gasteiger partial charge in [0.25, 0.3) is 0 Å². The van der Waals surface area contributed by atoms with E-state index >= 15 is 0 Å². The maximum atomic E-state index is 12.3. The molecule has 1 aliphatic heterocycles. The van der Waals surface area contributed by atoms with Gasteiger partial charge in [0.15, 0.2) is 0 Å². The SMILES string of the molecule is COCCNC(=O)N1CCCCC1c1ccc(C)cc1. The minimum absolute atomic E-state index is 0.0207. The van der Waals surface area contributed by atoms with Gasteiger partial charge in [-0.1, -0.05) is 29.8 Å². The molecule has 0 radical (unpaired) electrons. The van der Waals surface area contributed by atoms with Crippen LogP contribution in [0.25, 0.3) is 0 Å². The van der Waals surface area contributed by atoms with Crippen molar-refractivity contribution < 1.29 is 9.53 Å². The van der Waals surface area contributed by atoms with Crippen molar-refractivity contribution in [1.29, 1.82) is 0 Å². The van der Waals surface area contributed by atoms with Crippen molar-refractivity contribution >= 4 is 6.03 Å². The van der Waals surface area contributed by atoms with Crippen LogP contribution < -0.4 is 5.32 Å². The highest BCUT2D eigenvalue weighted by Gasteiger charge is 2.27. The van der Waals surface area contributed by atoms with Gasteiger partial charge in [-0.05, 0) is 31.7 Å². The highest BCUT2D eigenvalue weighted by atomic mass is 16.5. The molecule has 4 nitrogen and oxygen atoms in total. The lowest BCUT2D eigenvalue weighted by molar-refractivity contribution is 0.145. The van der Waals surface area contributed by atoms with Gasteiger partial charge in [-0.2, -0.15) is 0 Å². The normalized spacial score (nSPS) is 18.9. The number of nitrogens with zero attached hydrogens (tertiary/aromatic N) is 1. The lowest BCUT2D eigenvalue weighted by Gasteiger charge is -2.36. The van der Waals surface area contributed by atoms with Crippen LogP contribution in [0.15, 0.2) is 24.3 Å². The molecule has 1 atom stereocenters. The number of carbonyl (C=O) groups excluding carboxylic acids is 1. The fourth-order valence-electron chi connectivity index (χ4n) is 2.67. The Morgan fingerprint density at radius 1 is 1.35 bits per heavy atom. The van der Waals surface area contributed by atoms with Gasteiger partial charge in [0.1, 0.15) is 0 Å². The number of nitrogens with one attached hydrogen (secondary N) is 1. The molecule has 1 aromatic rings. The Labute approximate surface area is 121 Å². The zero-order chi connectivity index (χ0) is 14.4. The molecule has 1 N–H and O–H groups in total. The quantitative estimate of drug-likeness (QED) is 0.859. The first-order chi connectivity index (χ1) is 9.72. The molecule has 0 spiro atoms. The number of carbonyl (C=O) groups is 1. The molecule has 1 aliphatic rings. The summed E-state index contributed by atoms with van der Waals surface area (Å²) < 4.78 is 4.97. The Balaban J connectivity index is 2.04. The third-order valence-corrected chi connectivity index (χ3v) is 3.81. The van der Waals surface area contributed by atoms with Gasteiger partial charge in [0, 0.05) is 20.2 Å². The Morgan fingerprint density at radius 2 is 2.10 bits per heavy atom.